The van der Waals surface area contributed by atoms with Crippen LogP contribution in [0.3, 0.4) is 0 Å². The van der Waals surface area contributed by atoms with Gasteiger partial charge in [0.05, 0.1) is 25.9 Å². The van der Waals surface area contributed by atoms with Crippen LogP contribution in [0.5, 0.6) is 0 Å². The number of anilines is 3. The van der Waals surface area contributed by atoms with Crippen LogP contribution in [0.4, 0.5) is 21.5 Å². The summed E-state index contributed by atoms with van der Waals surface area (Å²) in [6.07, 6.45) is 0. The molecule has 0 aromatic heterocycles. The lowest BCUT2D eigenvalue weighted by Crippen LogP contribution is -1.97. The standard InChI is InChI=1S/C12H8BrCl2FN2/c13-7-4-11(17)12(5-10(7)16)18-6-1-2-8(14)9(15)3-6/h1-5,18H,17H2. The van der Waals surface area contributed by atoms with Gasteiger partial charge in [0.2, 0.25) is 0 Å². The van der Waals surface area contributed by atoms with Crippen molar-refractivity contribution in [2.45, 2.75) is 0 Å². The van der Waals surface area contributed by atoms with E-state index in [2.05, 4.69) is 21.2 Å². The van der Waals surface area contributed by atoms with Crippen LogP contribution >= 0.6 is 39.1 Å². The van der Waals surface area contributed by atoms with Gasteiger partial charge in [0.15, 0.2) is 0 Å². The first-order valence-electron chi connectivity index (χ1n) is 4.94. The van der Waals surface area contributed by atoms with Gasteiger partial charge < -0.3 is 11.1 Å². The SMILES string of the molecule is Nc1cc(Br)c(F)cc1Nc1ccc(Cl)c(Cl)c1. The van der Waals surface area contributed by atoms with Gasteiger partial charge in [-0.15, -0.1) is 0 Å². The Morgan fingerprint density at radius 1 is 1.11 bits per heavy atom. The van der Waals surface area contributed by atoms with Crippen molar-refractivity contribution < 1.29 is 4.39 Å². The second kappa shape index (κ2) is 5.34. The molecule has 0 aliphatic rings. The van der Waals surface area contributed by atoms with Crippen molar-refractivity contribution in [1.29, 1.82) is 0 Å². The molecule has 0 bridgehead atoms. The molecule has 0 radical (unpaired) electrons. The van der Waals surface area contributed by atoms with Gasteiger partial charge >= 0.3 is 0 Å². The number of hydrogen-bond donors (Lipinski definition) is 2. The molecule has 0 aliphatic carbocycles. The summed E-state index contributed by atoms with van der Waals surface area (Å²) in [5.74, 6) is -0.397. The Morgan fingerprint density at radius 2 is 1.83 bits per heavy atom. The zero-order valence-electron chi connectivity index (χ0n) is 8.98. The summed E-state index contributed by atoms with van der Waals surface area (Å²) in [5.41, 5.74) is 7.36. The van der Waals surface area contributed by atoms with E-state index in [1.165, 1.54) is 12.1 Å². The summed E-state index contributed by atoms with van der Waals surface area (Å²) >= 11 is 14.8. The van der Waals surface area contributed by atoms with Crippen molar-refractivity contribution in [1.82, 2.24) is 0 Å². The molecule has 0 heterocycles. The number of nitrogen functional groups attached to an aromatic ring is 1. The van der Waals surface area contributed by atoms with E-state index >= 15 is 0 Å². The fourth-order valence-electron chi connectivity index (χ4n) is 1.40. The highest BCUT2D eigenvalue weighted by atomic mass is 79.9. The van der Waals surface area contributed by atoms with Crippen LogP contribution in [0.15, 0.2) is 34.8 Å². The van der Waals surface area contributed by atoms with Crippen molar-refractivity contribution in [2.75, 3.05) is 11.1 Å². The van der Waals surface area contributed by atoms with E-state index in [-0.39, 0.29) is 0 Å². The Balaban J connectivity index is 2.34. The zero-order chi connectivity index (χ0) is 13.3. The number of halogens is 4. The van der Waals surface area contributed by atoms with Crippen molar-refractivity contribution in [3.63, 3.8) is 0 Å². The second-order valence-electron chi connectivity index (χ2n) is 3.61. The predicted octanol–water partition coefficient (Wildman–Crippen LogP) is 5.22. The van der Waals surface area contributed by atoms with Gasteiger partial charge in [-0.05, 0) is 40.2 Å². The summed E-state index contributed by atoms with van der Waals surface area (Å²) in [4.78, 5) is 0. The summed E-state index contributed by atoms with van der Waals surface area (Å²) in [6, 6.07) is 7.83. The minimum absolute atomic E-state index is 0.319. The molecule has 2 aromatic carbocycles. The van der Waals surface area contributed by atoms with Crippen molar-refractivity contribution in [2.24, 2.45) is 0 Å². The lowest BCUT2D eigenvalue weighted by atomic mass is 10.2. The summed E-state index contributed by atoms with van der Waals surface area (Å²) in [6.45, 7) is 0. The fourth-order valence-corrected chi connectivity index (χ4v) is 2.06. The second-order valence-corrected chi connectivity index (χ2v) is 5.28. The van der Waals surface area contributed by atoms with Crippen molar-refractivity contribution in [3.8, 4) is 0 Å². The Bertz CT molecular complexity index is 605. The third-order valence-electron chi connectivity index (χ3n) is 2.29. The molecular weight excluding hydrogens is 342 g/mol. The Morgan fingerprint density at radius 3 is 2.50 bits per heavy atom. The third-order valence-corrected chi connectivity index (χ3v) is 3.64. The molecule has 94 valence electrons. The highest BCUT2D eigenvalue weighted by molar-refractivity contribution is 9.10. The average molecular weight is 350 g/mol. The average Bonchev–Trinajstić information content (AvgIpc) is 2.31. The monoisotopic (exact) mass is 348 g/mol. The Kier molecular flexibility index (Phi) is 4.00. The van der Waals surface area contributed by atoms with Crippen LogP contribution in [-0.2, 0) is 0 Å². The molecule has 3 N–H and O–H groups in total. The fraction of sp³-hybridized carbons (Fsp3) is 0. The normalized spacial score (nSPS) is 10.4. The molecule has 2 aromatic rings. The molecule has 18 heavy (non-hydrogen) atoms. The van der Waals surface area contributed by atoms with Gasteiger partial charge in [0.1, 0.15) is 5.82 Å². The van der Waals surface area contributed by atoms with E-state index in [0.717, 1.165) is 0 Å². The first kappa shape index (κ1) is 13.5. The van der Waals surface area contributed by atoms with Crippen LogP contribution in [-0.4, -0.2) is 0 Å². The predicted molar refractivity (Wildman–Crippen MR) is 78.3 cm³/mol. The topological polar surface area (TPSA) is 38.0 Å². The van der Waals surface area contributed by atoms with E-state index in [0.29, 0.717) is 31.6 Å². The lowest BCUT2D eigenvalue weighted by molar-refractivity contribution is 0.622. The molecule has 0 saturated heterocycles. The molecule has 0 saturated carbocycles. The highest BCUT2D eigenvalue weighted by Crippen LogP contribution is 2.31. The van der Waals surface area contributed by atoms with E-state index < -0.39 is 5.82 Å². The van der Waals surface area contributed by atoms with Gasteiger partial charge in [0, 0.05) is 11.8 Å². The molecule has 6 heteroatoms. The van der Waals surface area contributed by atoms with Crippen molar-refractivity contribution in [3.05, 3.63) is 50.7 Å². The number of nitrogens with two attached hydrogens (primary N) is 1. The van der Waals surface area contributed by atoms with Crippen LogP contribution in [0.1, 0.15) is 0 Å². The molecule has 0 spiro atoms. The van der Waals surface area contributed by atoms with Crippen LogP contribution in [0.2, 0.25) is 10.0 Å². The first-order chi connectivity index (χ1) is 8.47. The molecule has 0 unspecified atom stereocenters. The summed E-state index contributed by atoms with van der Waals surface area (Å²) in [7, 11) is 0. The van der Waals surface area contributed by atoms with E-state index in [1.54, 1.807) is 18.2 Å². The minimum Gasteiger partial charge on any atom is -0.397 e. The molecule has 0 amide bonds. The van der Waals surface area contributed by atoms with Gasteiger partial charge in [-0.1, -0.05) is 23.2 Å². The molecule has 0 atom stereocenters. The number of hydrogen-bond acceptors (Lipinski definition) is 2. The number of nitrogens with one attached hydrogen (secondary N) is 1. The van der Waals surface area contributed by atoms with E-state index in [4.69, 9.17) is 28.9 Å². The smallest absolute Gasteiger partial charge is 0.139 e. The van der Waals surface area contributed by atoms with E-state index in [1.807, 2.05) is 0 Å². The largest absolute Gasteiger partial charge is 0.397 e. The maximum atomic E-state index is 13.4. The molecule has 2 nitrogen and oxygen atoms in total. The highest BCUT2D eigenvalue weighted by Gasteiger charge is 2.07. The molecule has 2 rings (SSSR count). The van der Waals surface area contributed by atoms with Crippen molar-refractivity contribution >= 4 is 56.2 Å². The molecule has 0 aliphatic heterocycles. The van der Waals surface area contributed by atoms with Crippen LogP contribution < -0.4 is 11.1 Å². The minimum atomic E-state index is -0.397. The maximum Gasteiger partial charge on any atom is 0.139 e. The van der Waals surface area contributed by atoms with Gasteiger partial charge in [-0.25, -0.2) is 4.39 Å². The van der Waals surface area contributed by atoms with E-state index in [9.17, 15) is 4.39 Å². The van der Waals surface area contributed by atoms with Crippen LogP contribution in [0.25, 0.3) is 0 Å². The van der Waals surface area contributed by atoms with Gasteiger partial charge in [-0.3, -0.25) is 0 Å². The number of rotatable bonds is 2. The maximum absolute atomic E-state index is 13.4. The Hall–Kier alpha value is -0.970. The molecule has 0 fully saturated rings. The van der Waals surface area contributed by atoms with Gasteiger partial charge in [-0.2, -0.15) is 0 Å². The molecular formula is C12H8BrCl2FN2. The quantitative estimate of drug-likeness (QED) is 0.729. The van der Waals surface area contributed by atoms with Crippen LogP contribution in [0, 0.1) is 5.82 Å². The Labute approximate surface area is 122 Å². The first-order valence-corrected chi connectivity index (χ1v) is 6.49. The summed E-state index contributed by atoms with van der Waals surface area (Å²) < 4.78 is 13.7. The zero-order valence-corrected chi connectivity index (χ0v) is 12.1. The number of benzene rings is 2. The third kappa shape index (κ3) is 2.88. The van der Waals surface area contributed by atoms with Gasteiger partial charge in [0.25, 0.3) is 0 Å². The lowest BCUT2D eigenvalue weighted by Gasteiger charge is -2.11. The summed E-state index contributed by atoms with van der Waals surface area (Å²) in [5, 5.41) is 3.85.